The van der Waals surface area contributed by atoms with Gasteiger partial charge in [-0.1, -0.05) is 39.3 Å². The van der Waals surface area contributed by atoms with Crippen molar-refractivity contribution in [3.8, 4) is 0 Å². The Morgan fingerprint density at radius 3 is 1.71 bits per heavy atom. The molecule has 0 bridgehead atoms. The summed E-state index contributed by atoms with van der Waals surface area (Å²) >= 11 is 9.81. The van der Waals surface area contributed by atoms with Crippen LogP contribution in [0.3, 0.4) is 0 Å². The van der Waals surface area contributed by atoms with Crippen LogP contribution in [0.25, 0.3) is 20.4 Å². The number of aromatic nitrogens is 4. The molecule has 4 aromatic heterocycles. The number of fused-ring (bicyclic) bond motifs is 6. The first-order chi connectivity index (χ1) is 24.1. The Balaban J connectivity index is 0.000000155. The minimum Gasteiger partial charge on any atom is -0.394 e. The molecule has 9 nitrogen and oxygen atoms in total. The Kier molecular flexibility index (Phi) is 13.7. The molecule has 0 atom stereocenters. The lowest BCUT2D eigenvalue weighted by atomic mass is 9.76. The normalized spacial score (nSPS) is 24.9. The van der Waals surface area contributed by atoms with E-state index in [-0.39, 0.29) is 18.3 Å². The highest BCUT2D eigenvalue weighted by molar-refractivity contribution is 7.19. The third kappa shape index (κ3) is 11.0. The highest BCUT2D eigenvalue weighted by Crippen LogP contribution is 2.45. The fourth-order valence-corrected chi connectivity index (χ4v) is 10.1. The fraction of sp³-hybridized carbons (Fsp3) is 0.692. The van der Waals surface area contributed by atoms with E-state index < -0.39 is 0 Å². The standard InChI is InChI=1S/C18H25N3OS.C12H13ClN2S.C6H13NO.C3H8O/c1-18(2)8-7-14-13(9-18)15-16(19-10-20-17(15)23-14)21-11-3-5-12(22)6-4-11;1-12(2)4-3-8-7(5-12)9-10(13)14-6-15-11(9)16-8;7-5-1-3-6(8)4-2-5;1-3(2)4/h10-12,22H,3-9H2,1-2H3,(H,19,20,21);6H,3-5H2,1-2H3;5-6,8H,1-4,7H2;3-4H,1-2H3. The molecule has 0 unspecified atom stereocenters. The summed E-state index contributed by atoms with van der Waals surface area (Å²) in [6, 6.07) is 0.780. The van der Waals surface area contributed by atoms with Crippen LogP contribution in [-0.2, 0) is 25.7 Å². The van der Waals surface area contributed by atoms with Gasteiger partial charge in [0.1, 0.15) is 33.3 Å². The highest BCUT2D eigenvalue weighted by atomic mass is 35.5. The Bertz CT molecular complexity index is 1710. The van der Waals surface area contributed by atoms with Crippen LogP contribution in [0.1, 0.15) is 127 Å². The third-order valence-corrected chi connectivity index (χ3v) is 13.1. The third-order valence-electron chi connectivity index (χ3n) is 10.4. The van der Waals surface area contributed by atoms with Gasteiger partial charge in [-0.2, -0.15) is 0 Å². The molecule has 282 valence electrons. The summed E-state index contributed by atoms with van der Waals surface area (Å²) in [4.78, 5) is 22.6. The van der Waals surface area contributed by atoms with Crippen LogP contribution in [0.15, 0.2) is 12.7 Å². The number of aliphatic hydroxyl groups is 3. The van der Waals surface area contributed by atoms with Crippen molar-refractivity contribution >= 4 is 60.5 Å². The Morgan fingerprint density at radius 2 is 1.20 bits per heavy atom. The van der Waals surface area contributed by atoms with Crippen molar-refractivity contribution in [3.63, 3.8) is 0 Å². The first-order valence-electron chi connectivity index (χ1n) is 18.8. The fourth-order valence-electron chi connectivity index (χ4n) is 7.47. The summed E-state index contributed by atoms with van der Waals surface area (Å²) in [5.74, 6) is 1.01. The molecule has 0 aromatic carbocycles. The minimum atomic E-state index is -0.167. The van der Waals surface area contributed by atoms with Crippen LogP contribution in [0, 0.1) is 10.8 Å². The number of thiophene rings is 2. The van der Waals surface area contributed by atoms with E-state index in [9.17, 15) is 5.11 Å². The second-order valence-corrected chi connectivity index (χ2v) is 19.3. The molecule has 4 aliphatic rings. The van der Waals surface area contributed by atoms with E-state index in [1.807, 2.05) is 11.3 Å². The van der Waals surface area contributed by atoms with E-state index in [2.05, 4.69) is 52.9 Å². The Morgan fingerprint density at radius 1 is 0.745 bits per heavy atom. The summed E-state index contributed by atoms with van der Waals surface area (Å²) < 4.78 is 0. The zero-order chi connectivity index (χ0) is 36.9. The van der Waals surface area contributed by atoms with Crippen LogP contribution in [-0.4, -0.2) is 65.7 Å². The van der Waals surface area contributed by atoms with Gasteiger partial charge in [0.25, 0.3) is 0 Å². The molecule has 4 aliphatic carbocycles. The topological polar surface area (TPSA) is 150 Å². The molecule has 0 radical (unpaired) electrons. The molecule has 8 rings (SSSR count). The maximum absolute atomic E-state index is 9.70. The van der Waals surface area contributed by atoms with Crippen LogP contribution >= 0.6 is 34.3 Å². The van der Waals surface area contributed by atoms with E-state index in [4.69, 9.17) is 27.5 Å². The van der Waals surface area contributed by atoms with Crippen molar-refractivity contribution in [2.75, 3.05) is 5.32 Å². The number of aliphatic hydroxyl groups excluding tert-OH is 3. The van der Waals surface area contributed by atoms with Crippen molar-refractivity contribution in [2.24, 2.45) is 16.6 Å². The maximum Gasteiger partial charge on any atom is 0.141 e. The van der Waals surface area contributed by atoms with Gasteiger partial charge in [0.05, 0.1) is 23.0 Å². The first-order valence-corrected chi connectivity index (χ1v) is 20.8. The molecule has 4 heterocycles. The molecule has 51 heavy (non-hydrogen) atoms. The molecule has 6 N–H and O–H groups in total. The number of nitrogens with zero attached hydrogens (tertiary/aromatic N) is 4. The first kappa shape index (κ1) is 40.2. The van der Waals surface area contributed by atoms with E-state index in [1.165, 1.54) is 45.5 Å². The van der Waals surface area contributed by atoms with Crippen molar-refractivity contribution in [1.82, 2.24) is 19.9 Å². The maximum atomic E-state index is 9.70. The van der Waals surface area contributed by atoms with Crippen LogP contribution in [0.4, 0.5) is 5.82 Å². The zero-order valence-corrected chi connectivity index (χ0v) is 33.7. The summed E-state index contributed by atoms with van der Waals surface area (Å²) in [6.07, 6.45) is 17.6. The van der Waals surface area contributed by atoms with Gasteiger partial charge in [0.2, 0.25) is 0 Å². The largest absolute Gasteiger partial charge is 0.394 e. The molecular weight excluding hydrogens is 700 g/mol. The SMILES string of the molecule is CC(C)O.CC1(C)CCc2sc3ncnc(Cl)c3c2C1.CC1(C)CCc2sc3ncnc(NC4CCC(O)CC4)c3c2C1.NC1CCC(O)CC1. The highest BCUT2D eigenvalue weighted by Gasteiger charge is 2.31. The van der Waals surface area contributed by atoms with Crippen molar-refractivity contribution < 1.29 is 15.3 Å². The summed E-state index contributed by atoms with van der Waals surface area (Å²) in [7, 11) is 0. The van der Waals surface area contributed by atoms with E-state index >= 15 is 0 Å². The number of halogens is 1. The lowest BCUT2D eigenvalue weighted by Crippen LogP contribution is -2.28. The zero-order valence-electron chi connectivity index (χ0n) is 31.3. The lowest BCUT2D eigenvalue weighted by molar-refractivity contribution is 0.123. The molecule has 2 fully saturated rings. The van der Waals surface area contributed by atoms with E-state index in [1.54, 1.807) is 37.8 Å². The number of anilines is 1. The molecule has 4 aromatic rings. The lowest BCUT2D eigenvalue weighted by Gasteiger charge is -2.30. The molecule has 0 saturated heterocycles. The number of aryl methyl sites for hydroxylation is 2. The van der Waals surface area contributed by atoms with Crippen molar-refractivity contribution in [2.45, 2.75) is 162 Å². The van der Waals surface area contributed by atoms with Gasteiger partial charge < -0.3 is 26.4 Å². The van der Waals surface area contributed by atoms with Gasteiger partial charge in [-0.15, -0.1) is 22.7 Å². The number of nitrogens with two attached hydrogens (primary N) is 1. The predicted molar refractivity (Wildman–Crippen MR) is 213 cm³/mol. The summed E-state index contributed by atoms with van der Waals surface area (Å²) in [6.45, 7) is 12.8. The average Bonchev–Trinajstić information content (AvgIpc) is 3.61. The van der Waals surface area contributed by atoms with Gasteiger partial charge in [-0.3, -0.25) is 0 Å². The molecule has 12 heteroatoms. The molecule has 0 aliphatic heterocycles. The molecular formula is C39H59ClN6O3S2. The predicted octanol–water partition coefficient (Wildman–Crippen LogP) is 8.42. The van der Waals surface area contributed by atoms with Gasteiger partial charge >= 0.3 is 0 Å². The van der Waals surface area contributed by atoms with Gasteiger partial charge in [0, 0.05) is 27.9 Å². The Labute approximate surface area is 316 Å². The number of hydrogen-bond donors (Lipinski definition) is 5. The second-order valence-electron chi connectivity index (χ2n) is 16.7. The number of hydrogen-bond acceptors (Lipinski definition) is 11. The quantitative estimate of drug-likeness (QED) is 0.127. The van der Waals surface area contributed by atoms with Crippen molar-refractivity contribution in [3.05, 3.63) is 38.7 Å². The van der Waals surface area contributed by atoms with Gasteiger partial charge in [-0.05, 0) is 126 Å². The molecule has 0 amide bonds. The molecule has 0 spiro atoms. The summed E-state index contributed by atoms with van der Waals surface area (Å²) in [5, 5.41) is 33.3. The smallest absolute Gasteiger partial charge is 0.141 e. The van der Waals surface area contributed by atoms with Crippen LogP contribution in [0.5, 0.6) is 0 Å². The van der Waals surface area contributed by atoms with E-state index in [0.29, 0.717) is 28.1 Å². The average molecular weight is 760 g/mol. The monoisotopic (exact) mass is 758 g/mol. The number of nitrogens with one attached hydrogen (secondary N) is 1. The summed E-state index contributed by atoms with van der Waals surface area (Å²) in [5.41, 5.74) is 9.19. The van der Waals surface area contributed by atoms with Gasteiger partial charge in [-0.25, -0.2) is 19.9 Å². The van der Waals surface area contributed by atoms with Crippen LogP contribution < -0.4 is 11.1 Å². The Hall–Kier alpha value is -1.99. The van der Waals surface area contributed by atoms with Crippen molar-refractivity contribution in [1.29, 1.82) is 0 Å². The second kappa shape index (κ2) is 17.4. The minimum absolute atomic E-state index is 0.0604. The van der Waals surface area contributed by atoms with Gasteiger partial charge in [0.15, 0.2) is 0 Å². The molecule has 2 saturated carbocycles. The van der Waals surface area contributed by atoms with E-state index in [0.717, 1.165) is 91.5 Å². The van der Waals surface area contributed by atoms with Crippen LogP contribution in [0.2, 0.25) is 5.15 Å². The number of rotatable bonds is 2.